The predicted octanol–water partition coefficient (Wildman–Crippen LogP) is 3.78. The van der Waals surface area contributed by atoms with Crippen LogP contribution in [0.5, 0.6) is 0 Å². The standard InChI is InChI=1S/C25H25N5O3/c1-16(2)21(24-28-22(29-33-24)19-9-5-11-26-14-19)27-23(31)20-10-6-12-30(25(20)32)15-18-8-4-7-17(3)13-18/h4-14,16,21H,15H2,1-3H3,(H,27,31). The highest BCUT2D eigenvalue weighted by atomic mass is 16.5. The van der Waals surface area contributed by atoms with Gasteiger partial charge in [-0.3, -0.25) is 14.6 Å². The van der Waals surface area contributed by atoms with Crippen molar-refractivity contribution in [1.29, 1.82) is 0 Å². The van der Waals surface area contributed by atoms with Crippen LogP contribution in [0.4, 0.5) is 0 Å². The Kier molecular flexibility index (Phi) is 6.44. The molecule has 0 spiro atoms. The van der Waals surface area contributed by atoms with Gasteiger partial charge in [-0.25, -0.2) is 0 Å². The van der Waals surface area contributed by atoms with E-state index in [2.05, 4.69) is 20.4 Å². The molecule has 1 aromatic carbocycles. The minimum atomic E-state index is -0.555. The molecule has 0 saturated carbocycles. The number of amides is 1. The molecule has 1 N–H and O–H groups in total. The second kappa shape index (κ2) is 9.60. The van der Waals surface area contributed by atoms with E-state index >= 15 is 0 Å². The van der Waals surface area contributed by atoms with Crippen LogP contribution in [0.15, 0.2) is 76.4 Å². The summed E-state index contributed by atoms with van der Waals surface area (Å²) in [6, 6.07) is 14.2. The quantitative estimate of drug-likeness (QED) is 0.466. The lowest BCUT2D eigenvalue weighted by atomic mass is 10.0. The van der Waals surface area contributed by atoms with Gasteiger partial charge in [0.1, 0.15) is 11.6 Å². The highest BCUT2D eigenvalue weighted by Crippen LogP contribution is 2.23. The van der Waals surface area contributed by atoms with E-state index in [0.717, 1.165) is 11.1 Å². The Morgan fingerprint density at radius 2 is 2.00 bits per heavy atom. The molecule has 33 heavy (non-hydrogen) atoms. The molecule has 168 valence electrons. The van der Waals surface area contributed by atoms with Crippen molar-refractivity contribution in [2.45, 2.75) is 33.4 Å². The number of carbonyl (C=O) groups excluding carboxylic acids is 1. The number of pyridine rings is 2. The van der Waals surface area contributed by atoms with E-state index in [-0.39, 0.29) is 22.9 Å². The van der Waals surface area contributed by atoms with Crippen LogP contribution in [0.1, 0.15) is 47.3 Å². The van der Waals surface area contributed by atoms with Crippen molar-refractivity contribution >= 4 is 5.91 Å². The van der Waals surface area contributed by atoms with Crippen molar-refractivity contribution in [2.24, 2.45) is 5.92 Å². The number of rotatable bonds is 7. The summed E-state index contributed by atoms with van der Waals surface area (Å²) < 4.78 is 6.97. The number of aryl methyl sites for hydroxylation is 1. The number of nitrogens with one attached hydrogen (secondary N) is 1. The average Bonchev–Trinajstić information content (AvgIpc) is 3.29. The topological polar surface area (TPSA) is 103 Å². The molecule has 4 rings (SSSR count). The van der Waals surface area contributed by atoms with Crippen LogP contribution in [-0.2, 0) is 6.54 Å². The van der Waals surface area contributed by atoms with Gasteiger partial charge in [0.2, 0.25) is 11.7 Å². The van der Waals surface area contributed by atoms with Crippen LogP contribution < -0.4 is 10.9 Å². The minimum Gasteiger partial charge on any atom is -0.340 e. The van der Waals surface area contributed by atoms with E-state index in [0.29, 0.717) is 17.9 Å². The maximum absolute atomic E-state index is 13.1. The first-order valence-corrected chi connectivity index (χ1v) is 10.7. The lowest BCUT2D eigenvalue weighted by Gasteiger charge is -2.18. The van der Waals surface area contributed by atoms with Gasteiger partial charge in [0.25, 0.3) is 11.5 Å². The highest BCUT2D eigenvalue weighted by Gasteiger charge is 2.26. The van der Waals surface area contributed by atoms with Crippen molar-refractivity contribution in [2.75, 3.05) is 0 Å². The van der Waals surface area contributed by atoms with Gasteiger partial charge in [0, 0.05) is 24.2 Å². The van der Waals surface area contributed by atoms with Crippen molar-refractivity contribution in [3.8, 4) is 11.4 Å². The highest BCUT2D eigenvalue weighted by molar-refractivity contribution is 5.94. The Bertz CT molecular complexity index is 1310. The Morgan fingerprint density at radius 1 is 1.15 bits per heavy atom. The Morgan fingerprint density at radius 3 is 2.73 bits per heavy atom. The molecule has 0 saturated heterocycles. The normalized spacial score (nSPS) is 12.0. The van der Waals surface area contributed by atoms with E-state index < -0.39 is 11.9 Å². The molecule has 0 radical (unpaired) electrons. The number of benzene rings is 1. The minimum absolute atomic E-state index is 0.0469. The summed E-state index contributed by atoms with van der Waals surface area (Å²) >= 11 is 0. The summed E-state index contributed by atoms with van der Waals surface area (Å²) in [5.41, 5.74) is 2.51. The Hall–Kier alpha value is -4.07. The average molecular weight is 444 g/mol. The SMILES string of the molecule is Cc1cccc(Cn2cccc(C(=O)NC(c3nc(-c4cccnc4)no3)C(C)C)c2=O)c1. The Labute approximate surface area is 191 Å². The maximum atomic E-state index is 13.1. The molecule has 8 heteroatoms. The van der Waals surface area contributed by atoms with Gasteiger partial charge in [-0.2, -0.15) is 4.98 Å². The van der Waals surface area contributed by atoms with Gasteiger partial charge in [-0.15, -0.1) is 0 Å². The molecule has 8 nitrogen and oxygen atoms in total. The third-order valence-electron chi connectivity index (χ3n) is 5.28. The zero-order valence-corrected chi connectivity index (χ0v) is 18.7. The third-order valence-corrected chi connectivity index (χ3v) is 5.28. The zero-order valence-electron chi connectivity index (χ0n) is 18.7. The van der Waals surface area contributed by atoms with Gasteiger partial charge in [-0.05, 0) is 42.7 Å². The van der Waals surface area contributed by atoms with Crippen LogP contribution in [0.2, 0.25) is 0 Å². The molecule has 0 aliphatic heterocycles. The van der Waals surface area contributed by atoms with Gasteiger partial charge in [0.15, 0.2) is 0 Å². The number of aromatic nitrogens is 4. The predicted molar refractivity (Wildman–Crippen MR) is 124 cm³/mol. The fourth-order valence-electron chi connectivity index (χ4n) is 3.55. The fraction of sp³-hybridized carbons (Fsp3) is 0.240. The van der Waals surface area contributed by atoms with E-state index in [4.69, 9.17) is 4.52 Å². The molecule has 0 aliphatic rings. The van der Waals surface area contributed by atoms with Gasteiger partial charge in [-0.1, -0.05) is 48.8 Å². The Balaban J connectivity index is 1.56. The monoisotopic (exact) mass is 443 g/mol. The summed E-state index contributed by atoms with van der Waals surface area (Å²) in [5.74, 6) is 0.124. The molecular formula is C25H25N5O3. The molecule has 0 fully saturated rings. The van der Waals surface area contributed by atoms with Gasteiger partial charge < -0.3 is 14.4 Å². The third kappa shape index (κ3) is 5.06. The summed E-state index contributed by atoms with van der Waals surface area (Å²) in [7, 11) is 0. The van der Waals surface area contributed by atoms with Gasteiger partial charge >= 0.3 is 0 Å². The number of hydrogen-bond acceptors (Lipinski definition) is 6. The van der Waals surface area contributed by atoms with Crippen LogP contribution in [0.25, 0.3) is 11.4 Å². The molecule has 3 heterocycles. The molecule has 0 aliphatic carbocycles. The molecule has 4 aromatic rings. The first-order valence-electron chi connectivity index (χ1n) is 10.7. The van der Waals surface area contributed by atoms with Crippen LogP contribution in [0.3, 0.4) is 0 Å². The van der Waals surface area contributed by atoms with E-state index in [1.165, 1.54) is 10.6 Å². The first kappa shape index (κ1) is 22.1. The molecule has 3 aromatic heterocycles. The van der Waals surface area contributed by atoms with E-state index in [1.54, 1.807) is 30.7 Å². The van der Waals surface area contributed by atoms with Crippen LogP contribution in [-0.4, -0.2) is 25.6 Å². The van der Waals surface area contributed by atoms with Crippen molar-refractivity contribution in [3.63, 3.8) is 0 Å². The lowest BCUT2D eigenvalue weighted by Crippen LogP contribution is -2.37. The lowest BCUT2D eigenvalue weighted by molar-refractivity contribution is 0.0911. The number of nitrogens with zero attached hydrogens (tertiary/aromatic N) is 4. The fourth-order valence-corrected chi connectivity index (χ4v) is 3.55. The van der Waals surface area contributed by atoms with Crippen molar-refractivity contribution in [1.82, 2.24) is 25.0 Å². The molecule has 1 atom stereocenters. The largest absolute Gasteiger partial charge is 0.340 e. The summed E-state index contributed by atoms with van der Waals surface area (Å²) in [6.07, 6.45) is 4.98. The second-order valence-corrected chi connectivity index (χ2v) is 8.24. The summed E-state index contributed by atoms with van der Waals surface area (Å²) in [6.45, 7) is 6.24. The second-order valence-electron chi connectivity index (χ2n) is 8.24. The van der Waals surface area contributed by atoms with Crippen LogP contribution in [0, 0.1) is 12.8 Å². The number of carbonyl (C=O) groups is 1. The molecule has 0 bridgehead atoms. The van der Waals surface area contributed by atoms with E-state index in [1.807, 2.05) is 51.1 Å². The summed E-state index contributed by atoms with van der Waals surface area (Å²) in [5, 5.41) is 6.90. The first-order chi connectivity index (χ1) is 15.9. The number of hydrogen-bond donors (Lipinski definition) is 1. The van der Waals surface area contributed by atoms with E-state index in [9.17, 15) is 9.59 Å². The molecule has 1 amide bonds. The summed E-state index contributed by atoms with van der Waals surface area (Å²) in [4.78, 5) is 34.6. The molecule has 1 unspecified atom stereocenters. The van der Waals surface area contributed by atoms with Gasteiger partial charge in [0.05, 0.1) is 6.54 Å². The molecular weight excluding hydrogens is 418 g/mol. The van der Waals surface area contributed by atoms with Crippen molar-refractivity contribution < 1.29 is 9.32 Å². The maximum Gasteiger partial charge on any atom is 0.263 e. The smallest absolute Gasteiger partial charge is 0.263 e. The van der Waals surface area contributed by atoms with Crippen LogP contribution >= 0.6 is 0 Å². The zero-order chi connectivity index (χ0) is 23.4. The van der Waals surface area contributed by atoms with Crippen molar-refractivity contribution in [3.05, 3.63) is 100 Å².